The maximum absolute atomic E-state index is 12.0. The molecule has 7 nitrogen and oxygen atoms in total. The summed E-state index contributed by atoms with van der Waals surface area (Å²) >= 11 is 5.76. The van der Waals surface area contributed by atoms with Gasteiger partial charge < -0.3 is 10.1 Å². The molecule has 0 saturated heterocycles. The van der Waals surface area contributed by atoms with Crippen molar-refractivity contribution in [2.24, 2.45) is 5.92 Å². The quantitative estimate of drug-likeness (QED) is 0.497. The normalized spacial score (nSPS) is 20.2. The number of rotatable bonds is 5. The zero-order valence-electron chi connectivity index (χ0n) is 13.3. The summed E-state index contributed by atoms with van der Waals surface area (Å²) < 4.78 is 4.90. The summed E-state index contributed by atoms with van der Waals surface area (Å²) in [5.41, 5.74) is -0.683. The topological polar surface area (TPSA) is 98.5 Å². The summed E-state index contributed by atoms with van der Waals surface area (Å²) in [6.45, 7) is 1.59. The largest absolute Gasteiger partial charge is 0.452 e. The number of ether oxygens (including phenoxy) is 1. The fourth-order valence-corrected chi connectivity index (χ4v) is 2.99. The van der Waals surface area contributed by atoms with Gasteiger partial charge in [0, 0.05) is 17.1 Å². The molecule has 1 fully saturated rings. The zero-order valence-corrected chi connectivity index (χ0v) is 14.0. The van der Waals surface area contributed by atoms with Crippen molar-refractivity contribution in [3.8, 4) is 0 Å². The van der Waals surface area contributed by atoms with Crippen molar-refractivity contribution in [2.75, 3.05) is 6.61 Å². The van der Waals surface area contributed by atoms with Gasteiger partial charge in [0.25, 0.3) is 11.6 Å². The Morgan fingerprint density at radius 2 is 2.08 bits per heavy atom. The zero-order chi connectivity index (χ0) is 17.7. The third-order valence-corrected chi connectivity index (χ3v) is 4.40. The van der Waals surface area contributed by atoms with Crippen LogP contribution < -0.4 is 5.32 Å². The van der Waals surface area contributed by atoms with Gasteiger partial charge >= 0.3 is 5.97 Å². The lowest BCUT2D eigenvalue weighted by Gasteiger charge is -2.29. The van der Waals surface area contributed by atoms with Gasteiger partial charge in [0.2, 0.25) is 0 Å². The standard InChI is InChI=1S/C16H19ClN2O5/c1-10-4-2-3-5-13(10)18-15(20)9-24-16(21)12-8-11(17)6-7-14(12)19(22)23/h6-8,10,13H,2-5,9H2,1H3,(H,18,20). The van der Waals surface area contributed by atoms with Crippen LogP contribution in [0.2, 0.25) is 5.02 Å². The first kappa shape index (κ1) is 18.2. The Bertz CT molecular complexity index is 649. The molecule has 0 spiro atoms. The Kier molecular flexibility index (Phi) is 6.14. The minimum atomic E-state index is -0.948. The molecule has 1 aliphatic carbocycles. The van der Waals surface area contributed by atoms with E-state index in [-0.39, 0.29) is 16.6 Å². The molecule has 24 heavy (non-hydrogen) atoms. The molecule has 1 saturated carbocycles. The first-order chi connectivity index (χ1) is 11.4. The van der Waals surface area contributed by atoms with Crippen molar-refractivity contribution < 1.29 is 19.2 Å². The van der Waals surface area contributed by atoms with Crippen molar-refractivity contribution in [1.29, 1.82) is 0 Å². The van der Waals surface area contributed by atoms with Crippen LogP contribution in [0, 0.1) is 16.0 Å². The number of nitro groups is 1. The van der Waals surface area contributed by atoms with Gasteiger partial charge in [-0.05, 0) is 30.9 Å². The van der Waals surface area contributed by atoms with E-state index < -0.39 is 29.1 Å². The summed E-state index contributed by atoms with van der Waals surface area (Å²) in [6.07, 6.45) is 4.17. The number of benzene rings is 1. The molecule has 1 amide bonds. The summed E-state index contributed by atoms with van der Waals surface area (Å²) in [5, 5.41) is 14.0. The first-order valence-corrected chi connectivity index (χ1v) is 8.16. The summed E-state index contributed by atoms with van der Waals surface area (Å²) in [7, 11) is 0. The van der Waals surface area contributed by atoms with E-state index >= 15 is 0 Å². The fraction of sp³-hybridized carbons (Fsp3) is 0.500. The number of nitrogens with zero attached hydrogens (tertiary/aromatic N) is 1. The summed E-state index contributed by atoms with van der Waals surface area (Å²) in [5.74, 6) is -0.977. The van der Waals surface area contributed by atoms with Gasteiger partial charge in [0.1, 0.15) is 5.56 Å². The Labute approximate surface area is 144 Å². The van der Waals surface area contributed by atoms with Gasteiger partial charge in [-0.25, -0.2) is 4.79 Å². The van der Waals surface area contributed by atoms with Crippen LogP contribution in [0.15, 0.2) is 18.2 Å². The van der Waals surface area contributed by atoms with Crippen LogP contribution in [-0.4, -0.2) is 29.4 Å². The van der Waals surface area contributed by atoms with E-state index in [9.17, 15) is 19.7 Å². The van der Waals surface area contributed by atoms with Crippen LogP contribution in [0.1, 0.15) is 43.0 Å². The van der Waals surface area contributed by atoms with Gasteiger partial charge in [-0.15, -0.1) is 0 Å². The molecule has 0 aliphatic heterocycles. The van der Waals surface area contributed by atoms with Gasteiger partial charge in [-0.2, -0.15) is 0 Å². The highest BCUT2D eigenvalue weighted by Gasteiger charge is 2.25. The predicted molar refractivity (Wildman–Crippen MR) is 88.0 cm³/mol. The summed E-state index contributed by atoms with van der Waals surface area (Å²) in [4.78, 5) is 34.2. The van der Waals surface area contributed by atoms with Crippen molar-refractivity contribution in [1.82, 2.24) is 5.32 Å². The monoisotopic (exact) mass is 354 g/mol. The van der Waals surface area contributed by atoms with E-state index in [2.05, 4.69) is 12.2 Å². The minimum absolute atomic E-state index is 0.0745. The molecule has 8 heteroatoms. The number of hydrogen-bond acceptors (Lipinski definition) is 5. The molecule has 0 radical (unpaired) electrons. The number of nitro benzene ring substituents is 1. The molecule has 0 bridgehead atoms. The molecule has 1 aliphatic rings. The number of esters is 1. The van der Waals surface area contributed by atoms with Crippen LogP contribution >= 0.6 is 11.6 Å². The molecule has 2 unspecified atom stereocenters. The second-order valence-electron chi connectivity index (χ2n) is 5.93. The Morgan fingerprint density at radius 3 is 2.75 bits per heavy atom. The van der Waals surface area contributed by atoms with Crippen LogP contribution in [0.4, 0.5) is 5.69 Å². The lowest BCUT2D eigenvalue weighted by atomic mass is 9.86. The van der Waals surface area contributed by atoms with Crippen LogP contribution in [0.3, 0.4) is 0 Å². The molecule has 1 aromatic rings. The molecular formula is C16H19ClN2O5. The van der Waals surface area contributed by atoms with E-state index in [1.54, 1.807) is 0 Å². The second-order valence-corrected chi connectivity index (χ2v) is 6.37. The number of amides is 1. The van der Waals surface area contributed by atoms with Gasteiger partial charge in [0.15, 0.2) is 6.61 Å². The van der Waals surface area contributed by atoms with Gasteiger partial charge in [-0.3, -0.25) is 14.9 Å². The van der Waals surface area contributed by atoms with E-state index in [0.717, 1.165) is 37.8 Å². The molecule has 1 N–H and O–H groups in total. The average Bonchev–Trinajstić information content (AvgIpc) is 2.54. The van der Waals surface area contributed by atoms with Crippen molar-refractivity contribution in [3.05, 3.63) is 38.9 Å². The molecule has 0 aromatic heterocycles. The molecule has 2 atom stereocenters. The fourth-order valence-electron chi connectivity index (χ4n) is 2.82. The third-order valence-electron chi connectivity index (χ3n) is 4.17. The Morgan fingerprint density at radius 1 is 1.38 bits per heavy atom. The molecule has 0 heterocycles. The number of halogens is 1. The SMILES string of the molecule is CC1CCCCC1NC(=O)COC(=O)c1cc(Cl)ccc1[N+](=O)[O-]. The highest BCUT2D eigenvalue weighted by atomic mass is 35.5. The molecule has 1 aromatic carbocycles. The molecule has 2 rings (SSSR count). The molecule has 130 valence electrons. The molecular weight excluding hydrogens is 336 g/mol. The van der Waals surface area contributed by atoms with E-state index in [1.165, 1.54) is 6.07 Å². The lowest BCUT2D eigenvalue weighted by molar-refractivity contribution is -0.385. The van der Waals surface area contributed by atoms with E-state index in [1.807, 2.05) is 0 Å². The third kappa shape index (κ3) is 4.67. The maximum atomic E-state index is 12.0. The van der Waals surface area contributed by atoms with Crippen molar-refractivity contribution in [2.45, 2.75) is 38.6 Å². The highest BCUT2D eigenvalue weighted by molar-refractivity contribution is 6.31. The lowest BCUT2D eigenvalue weighted by Crippen LogP contribution is -2.42. The van der Waals surface area contributed by atoms with Gasteiger partial charge in [0.05, 0.1) is 4.92 Å². The predicted octanol–water partition coefficient (Wildman–Crippen LogP) is 3.10. The Balaban J connectivity index is 1.94. The Hall–Kier alpha value is -2.15. The number of hydrogen-bond donors (Lipinski definition) is 1. The smallest absolute Gasteiger partial charge is 0.345 e. The number of nitrogens with one attached hydrogen (secondary N) is 1. The van der Waals surface area contributed by atoms with Gasteiger partial charge in [-0.1, -0.05) is 31.4 Å². The van der Waals surface area contributed by atoms with Crippen LogP contribution in [-0.2, 0) is 9.53 Å². The maximum Gasteiger partial charge on any atom is 0.345 e. The first-order valence-electron chi connectivity index (χ1n) is 7.79. The van der Waals surface area contributed by atoms with E-state index in [0.29, 0.717) is 5.92 Å². The number of carbonyl (C=O) groups excluding carboxylic acids is 2. The van der Waals surface area contributed by atoms with E-state index in [4.69, 9.17) is 16.3 Å². The van der Waals surface area contributed by atoms with Crippen LogP contribution in [0.25, 0.3) is 0 Å². The summed E-state index contributed by atoms with van der Waals surface area (Å²) in [6, 6.07) is 3.67. The highest BCUT2D eigenvalue weighted by Crippen LogP contribution is 2.24. The van der Waals surface area contributed by atoms with Crippen molar-refractivity contribution in [3.63, 3.8) is 0 Å². The van der Waals surface area contributed by atoms with Crippen molar-refractivity contribution >= 4 is 29.2 Å². The number of carbonyl (C=O) groups is 2. The minimum Gasteiger partial charge on any atom is -0.452 e. The van der Waals surface area contributed by atoms with Crippen LogP contribution in [0.5, 0.6) is 0 Å². The average molecular weight is 355 g/mol. The second kappa shape index (κ2) is 8.10.